The first-order valence-corrected chi connectivity index (χ1v) is 13.0. The van der Waals surface area contributed by atoms with Crippen molar-refractivity contribution in [3.8, 4) is 5.75 Å². The lowest BCUT2D eigenvalue weighted by molar-refractivity contribution is -0.145. The second-order valence-corrected chi connectivity index (χ2v) is 10.6. The van der Waals surface area contributed by atoms with Crippen LogP contribution in [0.2, 0.25) is 0 Å². The summed E-state index contributed by atoms with van der Waals surface area (Å²) in [5.74, 6) is 0.0738. The fraction of sp³-hybridized carbons (Fsp3) is 0.517. The summed E-state index contributed by atoms with van der Waals surface area (Å²) < 4.78 is 49.9. The number of rotatable bonds is 7. The molecule has 0 bridgehead atoms. The third-order valence-corrected chi connectivity index (χ3v) is 8.18. The normalized spacial score (nSPS) is 21.4. The number of hydrogen-bond acceptors (Lipinski definition) is 5. The van der Waals surface area contributed by atoms with Crippen molar-refractivity contribution in [2.75, 3.05) is 20.8 Å². The van der Waals surface area contributed by atoms with E-state index in [4.69, 9.17) is 9.47 Å². The van der Waals surface area contributed by atoms with E-state index in [1.807, 2.05) is 19.9 Å². The number of methoxy groups -OCH3 is 2. The second-order valence-electron chi connectivity index (χ2n) is 10.6. The fourth-order valence-corrected chi connectivity index (χ4v) is 5.83. The molecule has 1 amide bonds. The number of carbonyl (C=O) groups excluding carboxylic acids is 2. The van der Waals surface area contributed by atoms with Gasteiger partial charge in [-0.15, -0.1) is 0 Å². The van der Waals surface area contributed by atoms with Crippen molar-refractivity contribution in [2.24, 2.45) is 11.3 Å². The van der Waals surface area contributed by atoms with Gasteiger partial charge in [-0.1, -0.05) is 26.0 Å². The molecule has 2 aliphatic rings. The molecule has 38 heavy (non-hydrogen) atoms. The highest BCUT2D eigenvalue weighted by atomic mass is 19.4. The van der Waals surface area contributed by atoms with Crippen LogP contribution in [0.4, 0.5) is 13.2 Å². The van der Waals surface area contributed by atoms with E-state index in [0.717, 1.165) is 23.6 Å². The first kappa shape index (κ1) is 28.0. The lowest BCUT2D eigenvalue weighted by Gasteiger charge is -2.40. The Morgan fingerprint density at radius 2 is 1.89 bits per heavy atom. The molecule has 9 heteroatoms. The molecule has 1 N–H and O–H groups in total. The molecule has 2 atom stereocenters. The molecule has 6 nitrogen and oxygen atoms in total. The molecule has 0 unspecified atom stereocenters. The number of hydrogen-bond donors (Lipinski definition) is 1. The second kappa shape index (κ2) is 11.0. The van der Waals surface area contributed by atoms with Crippen molar-refractivity contribution in [1.29, 1.82) is 0 Å². The average Bonchev–Trinajstić information content (AvgIpc) is 3.35. The van der Waals surface area contributed by atoms with E-state index in [2.05, 4.69) is 5.32 Å². The van der Waals surface area contributed by atoms with Crippen LogP contribution in [0.5, 0.6) is 5.75 Å². The minimum absolute atomic E-state index is 0.0253. The van der Waals surface area contributed by atoms with Crippen molar-refractivity contribution < 1.29 is 32.2 Å². The molecule has 0 spiro atoms. The zero-order valence-corrected chi connectivity index (χ0v) is 22.3. The maximum atomic E-state index is 13.9. The van der Waals surface area contributed by atoms with Crippen LogP contribution in [0.25, 0.3) is 0 Å². The van der Waals surface area contributed by atoms with Crippen LogP contribution < -0.4 is 10.1 Å². The molecule has 0 radical (unpaired) electrons. The summed E-state index contributed by atoms with van der Waals surface area (Å²) in [5, 5.41) is 3.54. The molecule has 1 aliphatic heterocycles. The Hall–Kier alpha value is -3.07. The van der Waals surface area contributed by atoms with Crippen LogP contribution in [0.3, 0.4) is 0 Å². The van der Waals surface area contributed by atoms with Gasteiger partial charge in [-0.25, -0.2) is 4.79 Å². The van der Waals surface area contributed by atoms with Crippen LogP contribution >= 0.6 is 0 Å². The number of carbonyl (C=O) groups is 2. The standard InChI is InChI=1S/C29H35F3N2O4/c1-18(2)28(27(36)34-12-10-20-6-7-22(29(30,31)32)14-21(20)17-34)11-9-23(15-28)33-16-19-5-8-25(37-3)24(13-19)26(35)38-4/h5-8,13-14,18,23,33H,9-12,15-17H2,1-4H3/t23-,28+/m1/s1. The average molecular weight is 533 g/mol. The van der Waals surface area contributed by atoms with Gasteiger partial charge in [0.25, 0.3) is 0 Å². The van der Waals surface area contributed by atoms with Gasteiger partial charge in [0, 0.05) is 25.7 Å². The predicted molar refractivity (Wildman–Crippen MR) is 137 cm³/mol. The van der Waals surface area contributed by atoms with Gasteiger partial charge in [-0.05, 0) is 72.6 Å². The quantitative estimate of drug-likeness (QED) is 0.486. The highest BCUT2D eigenvalue weighted by Crippen LogP contribution is 2.46. The molecule has 206 valence electrons. The van der Waals surface area contributed by atoms with Gasteiger partial charge < -0.3 is 19.7 Å². The molecule has 4 rings (SSSR count). The minimum Gasteiger partial charge on any atom is -0.496 e. The Kier molecular flexibility index (Phi) is 8.06. The zero-order valence-electron chi connectivity index (χ0n) is 22.3. The monoisotopic (exact) mass is 532 g/mol. The summed E-state index contributed by atoms with van der Waals surface area (Å²) in [5.41, 5.74) is 1.44. The summed E-state index contributed by atoms with van der Waals surface area (Å²) in [6, 6.07) is 9.31. The summed E-state index contributed by atoms with van der Waals surface area (Å²) in [6.07, 6.45) is -1.69. The number of nitrogens with one attached hydrogen (secondary N) is 1. The number of amides is 1. The minimum atomic E-state index is -4.41. The molecule has 2 aromatic carbocycles. The van der Waals surface area contributed by atoms with Gasteiger partial charge in [0.2, 0.25) is 5.91 Å². The Bertz CT molecular complexity index is 1200. The summed E-state index contributed by atoms with van der Waals surface area (Å²) >= 11 is 0. The smallest absolute Gasteiger partial charge is 0.416 e. The largest absolute Gasteiger partial charge is 0.496 e. The van der Waals surface area contributed by atoms with Gasteiger partial charge in [0.1, 0.15) is 11.3 Å². The fourth-order valence-electron chi connectivity index (χ4n) is 5.83. The lowest BCUT2D eigenvalue weighted by Crippen LogP contribution is -2.48. The lowest BCUT2D eigenvalue weighted by atomic mass is 9.74. The number of halogens is 3. The molecule has 1 saturated carbocycles. The van der Waals surface area contributed by atoms with Crippen LogP contribution in [0.15, 0.2) is 36.4 Å². The number of esters is 1. The van der Waals surface area contributed by atoms with Gasteiger partial charge in [0.15, 0.2) is 0 Å². The molecule has 0 aromatic heterocycles. The maximum Gasteiger partial charge on any atom is 0.416 e. The highest BCUT2D eigenvalue weighted by molar-refractivity contribution is 5.92. The van der Waals surface area contributed by atoms with E-state index in [0.29, 0.717) is 49.2 Å². The Balaban J connectivity index is 1.45. The van der Waals surface area contributed by atoms with Crippen LogP contribution in [-0.2, 0) is 35.2 Å². The van der Waals surface area contributed by atoms with E-state index < -0.39 is 23.1 Å². The van der Waals surface area contributed by atoms with Gasteiger partial charge in [-0.3, -0.25) is 4.79 Å². The summed E-state index contributed by atoms with van der Waals surface area (Å²) in [6.45, 7) is 5.31. The molecular formula is C29H35F3N2O4. The van der Waals surface area contributed by atoms with E-state index in [9.17, 15) is 22.8 Å². The SMILES string of the molecule is COC(=O)c1cc(CN[C@@H]2CC[C@@](C(=O)N3CCc4ccc(C(F)(F)F)cc4C3)(C(C)C)C2)ccc1OC. The molecule has 1 fully saturated rings. The van der Waals surface area contributed by atoms with Crippen molar-refractivity contribution >= 4 is 11.9 Å². The van der Waals surface area contributed by atoms with Crippen molar-refractivity contribution in [2.45, 2.75) is 64.8 Å². The Morgan fingerprint density at radius 3 is 2.55 bits per heavy atom. The number of nitrogens with zero attached hydrogens (tertiary/aromatic N) is 1. The van der Waals surface area contributed by atoms with E-state index in [-0.39, 0.29) is 24.4 Å². The number of alkyl halides is 3. The first-order chi connectivity index (χ1) is 18.0. The number of ether oxygens (including phenoxy) is 2. The maximum absolute atomic E-state index is 13.9. The number of benzene rings is 2. The van der Waals surface area contributed by atoms with Crippen molar-refractivity contribution in [3.05, 3.63) is 64.2 Å². The van der Waals surface area contributed by atoms with E-state index >= 15 is 0 Å². The summed E-state index contributed by atoms with van der Waals surface area (Å²) in [7, 11) is 2.82. The molecule has 1 heterocycles. The first-order valence-electron chi connectivity index (χ1n) is 13.0. The third-order valence-electron chi connectivity index (χ3n) is 8.18. The zero-order chi connectivity index (χ0) is 27.7. The topological polar surface area (TPSA) is 67.9 Å². The van der Waals surface area contributed by atoms with Crippen LogP contribution in [-0.4, -0.2) is 43.6 Å². The molecule has 1 aliphatic carbocycles. The summed E-state index contributed by atoms with van der Waals surface area (Å²) in [4.78, 5) is 27.8. The highest BCUT2D eigenvalue weighted by Gasteiger charge is 2.49. The predicted octanol–water partition coefficient (Wildman–Crippen LogP) is 5.37. The third kappa shape index (κ3) is 5.53. The van der Waals surface area contributed by atoms with Crippen molar-refractivity contribution in [3.63, 3.8) is 0 Å². The Labute approximate surface area is 221 Å². The van der Waals surface area contributed by atoms with Gasteiger partial charge in [-0.2, -0.15) is 13.2 Å². The van der Waals surface area contributed by atoms with Crippen LogP contribution in [0.1, 0.15) is 65.7 Å². The van der Waals surface area contributed by atoms with Gasteiger partial charge >= 0.3 is 12.1 Å². The van der Waals surface area contributed by atoms with E-state index in [1.165, 1.54) is 20.3 Å². The van der Waals surface area contributed by atoms with Crippen LogP contribution in [0, 0.1) is 11.3 Å². The van der Waals surface area contributed by atoms with Gasteiger partial charge in [0.05, 0.1) is 25.2 Å². The molecular weight excluding hydrogens is 497 g/mol. The molecule has 2 aromatic rings. The molecule has 0 saturated heterocycles. The number of fused-ring (bicyclic) bond motifs is 1. The van der Waals surface area contributed by atoms with Crippen molar-refractivity contribution in [1.82, 2.24) is 10.2 Å². The Morgan fingerprint density at radius 1 is 1.13 bits per heavy atom. The van der Waals surface area contributed by atoms with E-state index in [1.54, 1.807) is 23.1 Å².